The van der Waals surface area contributed by atoms with Crippen molar-refractivity contribution in [2.45, 2.75) is 6.10 Å². The van der Waals surface area contributed by atoms with Crippen molar-refractivity contribution in [1.82, 2.24) is 4.98 Å². The number of nitrogens with zero attached hydrogens (tertiary/aromatic N) is 2. The molecular weight excluding hydrogens is 332 g/mol. The number of aliphatic hydroxyl groups excluding tert-OH is 1. The monoisotopic (exact) mass is 345 g/mol. The van der Waals surface area contributed by atoms with Crippen LogP contribution in [0.5, 0.6) is 0 Å². The van der Waals surface area contributed by atoms with Gasteiger partial charge in [0.25, 0.3) is 5.69 Å². The third-order valence-electron chi connectivity index (χ3n) is 3.76. The van der Waals surface area contributed by atoms with Gasteiger partial charge in [-0.25, -0.2) is 8.78 Å². The Hall–Kier alpha value is -3.13. The number of hydrogen-bond acceptors (Lipinski definition) is 5. The molecule has 0 aliphatic carbocycles. The van der Waals surface area contributed by atoms with Gasteiger partial charge in [0.2, 0.25) is 0 Å². The Morgan fingerprint density at radius 1 is 1.16 bits per heavy atom. The van der Waals surface area contributed by atoms with Crippen LogP contribution < -0.4 is 5.32 Å². The molecule has 1 atom stereocenters. The van der Waals surface area contributed by atoms with Crippen LogP contribution in [0.2, 0.25) is 0 Å². The average Bonchev–Trinajstić information content (AvgIpc) is 2.59. The lowest BCUT2D eigenvalue weighted by Gasteiger charge is -2.15. The largest absolute Gasteiger partial charge is 0.386 e. The van der Waals surface area contributed by atoms with E-state index in [-0.39, 0.29) is 12.2 Å². The Kier molecular flexibility index (Phi) is 4.53. The number of aromatic nitrogens is 1. The highest BCUT2D eigenvalue weighted by Crippen LogP contribution is 2.30. The third-order valence-corrected chi connectivity index (χ3v) is 3.76. The molecule has 1 unspecified atom stereocenters. The molecule has 0 amide bonds. The third kappa shape index (κ3) is 3.24. The number of anilines is 1. The number of rotatable bonds is 5. The number of non-ortho nitro benzene ring substituents is 1. The summed E-state index contributed by atoms with van der Waals surface area (Å²) in [7, 11) is 0. The number of fused-ring (bicyclic) bond motifs is 1. The highest BCUT2D eigenvalue weighted by atomic mass is 19.1. The zero-order valence-corrected chi connectivity index (χ0v) is 12.8. The fourth-order valence-electron chi connectivity index (χ4n) is 2.60. The molecule has 0 bridgehead atoms. The lowest BCUT2D eigenvalue weighted by atomic mass is 10.1. The topological polar surface area (TPSA) is 88.3 Å². The second kappa shape index (κ2) is 6.78. The molecule has 0 saturated heterocycles. The lowest BCUT2D eigenvalue weighted by Crippen LogP contribution is -2.15. The zero-order chi connectivity index (χ0) is 18.0. The van der Waals surface area contributed by atoms with Crippen molar-refractivity contribution in [3.05, 3.63) is 76.0 Å². The SMILES string of the molecule is O=[N+]([O-])c1ccc(NCC(O)c2c(F)cccc2F)c2ncccc12. The minimum Gasteiger partial charge on any atom is -0.386 e. The van der Waals surface area contributed by atoms with E-state index in [1.807, 2.05) is 0 Å². The molecule has 0 spiro atoms. The van der Waals surface area contributed by atoms with Crippen molar-refractivity contribution in [2.24, 2.45) is 0 Å². The van der Waals surface area contributed by atoms with Crippen LogP contribution in [0.4, 0.5) is 20.2 Å². The van der Waals surface area contributed by atoms with Crippen LogP contribution in [0.1, 0.15) is 11.7 Å². The van der Waals surface area contributed by atoms with Crippen LogP contribution in [-0.4, -0.2) is 21.6 Å². The summed E-state index contributed by atoms with van der Waals surface area (Å²) in [5, 5.41) is 24.3. The Morgan fingerprint density at radius 2 is 1.88 bits per heavy atom. The molecule has 0 radical (unpaired) electrons. The summed E-state index contributed by atoms with van der Waals surface area (Å²) in [5.74, 6) is -1.69. The van der Waals surface area contributed by atoms with E-state index in [1.54, 1.807) is 12.1 Å². The van der Waals surface area contributed by atoms with Gasteiger partial charge in [0, 0.05) is 18.8 Å². The summed E-state index contributed by atoms with van der Waals surface area (Å²) >= 11 is 0. The summed E-state index contributed by atoms with van der Waals surface area (Å²) in [5.41, 5.74) is 0.207. The van der Waals surface area contributed by atoms with E-state index in [0.717, 1.165) is 12.1 Å². The first-order chi connectivity index (χ1) is 12.0. The summed E-state index contributed by atoms with van der Waals surface area (Å²) in [6.45, 7) is -0.193. The highest BCUT2D eigenvalue weighted by Gasteiger charge is 2.19. The van der Waals surface area contributed by atoms with E-state index < -0.39 is 28.2 Å². The van der Waals surface area contributed by atoms with E-state index in [4.69, 9.17) is 0 Å². The Labute approximate surface area is 140 Å². The minimum absolute atomic E-state index is 0.102. The number of hydrogen-bond donors (Lipinski definition) is 2. The number of aliphatic hydroxyl groups is 1. The van der Waals surface area contributed by atoms with Crippen molar-refractivity contribution in [3.63, 3.8) is 0 Å². The van der Waals surface area contributed by atoms with Crippen molar-refractivity contribution < 1.29 is 18.8 Å². The maximum atomic E-state index is 13.7. The smallest absolute Gasteiger partial charge is 0.278 e. The molecule has 2 aromatic carbocycles. The molecule has 128 valence electrons. The van der Waals surface area contributed by atoms with Gasteiger partial charge < -0.3 is 10.4 Å². The molecule has 6 nitrogen and oxygen atoms in total. The molecule has 3 rings (SSSR count). The van der Waals surface area contributed by atoms with Crippen LogP contribution in [0.3, 0.4) is 0 Å². The second-order valence-electron chi connectivity index (χ2n) is 5.32. The van der Waals surface area contributed by atoms with Gasteiger partial charge in [-0.1, -0.05) is 6.07 Å². The fraction of sp³-hybridized carbons (Fsp3) is 0.118. The predicted octanol–water partition coefficient (Wildman–Crippen LogP) is 3.57. The Bertz CT molecular complexity index is 929. The second-order valence-corrected chi connectivity index (χ2v) is 5.32. The molecule has 0 aliphatic heterocycles. The van der Waals surface area contributed by atoms with Crippen LogP contribution >= 0.6 is 0 Å². The number of nitro groups is 1. The van der Waals surface area contributed by atoms with Crippen LogP contribution in [-0.2, 0) is 0 Å². The summed E-state index contributed by atoms with van der Waals surface area (Å²) in [6.07, 6.45) is 0.0413. The Balaban J connectivity index is 1.89. The minimum atomic E-state index is -1.44. The molecule has 0 fully saturated rings. The van der Waals surface area contributed by atoms with Gasteiger partial charge in [-0.05, 0) is 30.3 Å². The number of halogens is 2. The number of nitrogens with one attached hydrogen (secondary N) is 1. The summed E-state index contributed by atoms with van der Waals surface area (Å²) in [6, 6.07) is 9.21. The van der Waals surface area contributed by atoms with Crippen molar-refractivity contribution in [1.29, 1.82) is 0 Å². The molecule has 1 aromatic heterocycles. The van der Waals surface area contributed by atoms with Gasteiger partial charge in [0.1, 0.15) is 23.3 Å². The van der Waals surface area contributed by atoms with Crippen molar-refractivity contribution in [3.8, 4) is 0 Å². The molecular formula is C17H13F2N3O3. The molecule has 0 saturated carbocycles. The van der Waals surface area contributed by atoms with E-state index in [1.165, 1.54) is 24.4 Å². The molecule has 3 aromatic rings. The first-order valence-corrected chi connectivity index (χ1v) is 7.37. The van der Waals surface area contributed by atoms with E-state index in [9.17, 15) is 24.0 Å². The molecule has 0 aliphatic rings. The Morgan fingerprint density at radius 3 is 2.56 bits per heavy atom. The van der Waals surface area contributed by atoms with E-state index in [2.05, 4.69) is 10.3 Å². The van der Waals surface area contributed by atoms with E-state index in [0.29, 0.717) is 16.6 Å². The number of nitro benzene ring substituents is 1. The molecule has 2 N–H and O–H groups in total. The van der Waals surface area contributed by atoms with Crippen LogP contribution in [0, 0.1) is 21.7 Å². The van der Waals surface area contributed by atoms with Crippen LogP contribution in [0.15, 0.2) is 48.7 Å². The van der Waals surface area contributed by atoms with Gasteiger partial charge in [0.05, 0.1) is 21.6 Å². The first-order valence-electron chi connectivity index (χ1n) is 7.37. The van der Waals surface area contributed by atoms with Gasteiger partial charge in [-0.15, -0.1) is 0 Å². The van der Waals surface area contributed by atoms with E-state index >= 15 is 0 Å². The quantitative estimate of drug-likeness (QED) is 0.545. The number of benzene rings is 2. The van der Waals surface area contributed by atoms with Crippen molar-refractivity contribution >= 4 is 22.3 Å². The number of pyridine rings is 1. The van der Waals surface area contributed by atoms with Crippen molar-refractivity contribution in [2.75, 3.05) is 11.9 Å². The maximum Gasteiger partial charge on any atom is 0.278 e. The van der Waals surface area contributed by atoms with Gasteiger partial charge in [-0.3, -0.25) is 15.1 Å². The van der Waals surface area contributed by atoms with Gasteiger partial charge in [-0.2, -0.15) is 0 Å². The lowest BCUT2D eigenvalue weighted by molar-refractivity contribution is -0.383. The summed E-state index contributed by atoms with van der Waals surface area (Å²) < 4.78 is 27.4. The molecule has 1 heterocycles. The fourth-order valence-corrected chi connectivity index (χ4v) is 2.60. The van der Waals surface area contributed by atoms with Gasteiger partial charge >= 0.3 is 0 Å². The maximum absolute atomic E-state index is 13.7. The normalized spacial score (nSPS) is 12.1. The van der Waals surface area contributed by atoms with Crippen LogP contribution in [0.25, 0.3) is 10.9 Å². The van der Waals surface area contributed by atoms with Gasteiger partial charge in [0.15, 0.2) is 0 Å². The average molecular weight is 345 g/mol. The predicted molar refractivity (Wildman–Crippen MR) is 88.2 cm³/mol. The zero-order valence-electron chi connectivity index (χ0n) is 12.8. The summed E-state index contributed by atoms with van der Waals surface area (Å²) in [4.78, 5) is 14.7. The first kappa shape index (κ1) is 16.7. The highest BCUT2D eigenvalue weighted by molar-refractivity contribution is 5.96. The molecule has 25 heavy (non-hydrogen) atoms. The molecule has 8 heteroatoms. The standard InChI is InChI=1S/C17H13F2N3O3/c18-11-4-1-5-12(19)16(11)15(23)9-21-13-6-7-14(22(24)25)10-3-2-8-20-17(10)13/h1-8,15,21,23H,9H2.